The summed E-state index contributed by atoms with van der Waals surface area (Å²) >= 11 is 0. The molecule has 1 N–H and O–H groups in total. The molecule has 4 heteroatoms. The Morgan fingerprint density at radius 2 is 2.37 bits per heavy atom. The molecule has 1 aliphatic rings. The molecule has 0 radical (unpaired) electrons. The number of carbonyl (C=O) groups excluding carboxylic acids is 1. The number of hydrogen-bond donors (Lipinski definition) is 1. The number of aryl methyl sites for hydroxylation is 1. The van der Waals surface area contributed by atoms with Crippen LogP contribution in [0.5, 0.6) is 0 Å². The van der Waals surface area contributed by atoms with E-state index in [0.29, 0.717) is 19.6 Å². The van der Waals surface area contributed by atoms with E-state index in [0.717, 1.165) is 18.8 Å². The second-order valence-electron chi connectivity index (χ2n) is 4.91. The van der Waals surface area contributed by atoms with Crippen molar-refractivity contribution in [1.29, 1.82) is 0 Å². The van der Waals surface area contributed by atoms with Crippen LogP contribution in [0.15, 0.2) is 24.3 Å². The van der Waals surface area contributed by atoms with Gasteiger partial charge in [0.2, 0.25) is 5.91 Å². The maximum Gasteiger partial charge on any atom is 0.228 e. The molecule has 1 saturated heterocycles. The fourth-order valence-corrected chi connectivity index (χ4v) is 2.37. The lowest BCUT2D eigenvalue weighted by Gasteiger charge is -2.27. The van der Waals surface area contributed by atoms with Crippen LogP contribution in [0.3, 0.4) is 0 Å². The van der Waals surface area contributed by atoms with Crippen molar-refractivity contribution in [3.05, 3.63) is 29.8 Å². The van der Waals surface area contributed by atoms with Gasteiger partial charge in [0.25, 0.3) is 0 Å². The summed E-state index contributed by atoms with van der Waals surface area (Å²) in [4.78, 5) is 14.2. The molecule has 0 aliphatic carbocycles. The highest BCUT2D eigenvalue weighted by Crippen LogP contribution is 2.17. The summed E-state index contributed by atoms with van der Waals surface area (Å²) in [6, 6.07) is 8.20. The molecule has 4 nitrogen and oxygen atoms in total. The van der Waals surface area contributed by atoms with E-state index in [9.17, 15) is 4.79 Å². The predicted octanol–water partition coefficient (Wildman–Crippen LogP) is 1.73. The van der Waals surface area contributed by atoms with E-state index in [2.05, 4.69) is 5.32 Å². The lowest BCUT2D eigenvalue weighted by Crippen LogP contribution is -2.45. The zero-order valence-electron chi connectivity index (χ0n) is 11.7. The van der Waals surface area contributed by atoms with E-state index in [-0.39, 0.29) is 11.9 Å². The number of rotatable bonds is 4. The molecule has 1 heterocycles. The maximum absolute atomic E-state index is 12.4. The van der Waals surface area contributed by atoms with Gasteiger partial charge in [0, 0.05) is 31.2 Å². The van der Waals surface area contributed by atoms with Crippen LogP contribution >= 0.6 is 0 Å². The standard InChI is InChI=1S/C15H22N2O2/c1-3-17(14-6-4-5-12(2)9-14)15(18)10-13-11-19-8-7-16-13/h4-6,9,13,16H,3,7-8,10-11H2,1-2H3. The summed E-state index contributed by atoms with van der Waals surface area (Å²) in [6.07, 6.45) is 0.488. The number of morpholine rings is 1. The van der Waals surface area contributed by atoms with Gasteiger partial charge in [0.15, 0.2) is 0 Å². The van der Waals surface area contributed by atoms with Crippen LogP contribution < -0.4 is 10.2 Å². The maximum atomic E-state index is 12.4. The molecule has 0 saturated carbocycles. The van der Waals surface area contributed by atoms with Gasteiger partial charge in [-0.25, -0.2) is 0 Å². The van der Waals surface area contributed by atoms with Crippen molar-refractivity contribution in [2.24, 2.45) is 0 Å². The molecule has 1 aliphatic heterocycles. The second kappa shape index (κ2) is 6.68. The summed E-state index contributed by atoms with van der Waals surface area (Å²) in [5, 5.41) is 3.32. The van der Waals surface area contributed by atoms with Gasteiger partial charge in [0.1, 0.15) is 0 Å². The van der Waals surface area contributed by atoms with Gasteiger partial charge in [-0.05, 0) is 31.5 Å². The minimum atomic E-state index is 0.139. The highest BCUT2D eigenvalue weighted by Gasteiger charge is 2.21. The number of hydrogen-bond acceptors (Lipinski definition) is 3. The average Bonchev–Trinajstić information content (AvgIpc) is 2.41. The van der Waals surface area contributed by atoms with E-state index in [1.54, 1.807) is 0 Å². The predicted molar refractivity (Wildman–Crippen MR) is 76.4 cm³/mol. The molecule has 0 aromatic heterocycles. The molecule has 2 rings (SSSR count). The van der Waals surface area contributed by atoms with Crippen LogP contribution in [0.1, 0.15) is 18.9 Å². The van der Waals surface area contributed by atoms with Gasteiger partial charge < -0.3 is 15.0 Å². The summed E-state index contributed by atoms with van der Waals surface area (Å²) in [6.45, 7) is 6.92. The molecular formula is C15H22N2O2. The first kappa shape index (κ1) is 14.0. The number of nitrogens with zero attached hydrogens (tertiary/aromatic N) is 1. The first-order valence-electron chi connectivity index (χ1n) is 6.89. The van der Waals surface area contributed by atoms with Crippen LogP contribution in [0.2, 0.25) is 0 Å². The van der Waals surface area contributed by atoms with Gasteiger partial charge in [-0.3, -0.25) is 4.79 Å². The fourth-order valence-electron chi connectivity index (χ4n) is 2.37. The van der Waals surface area contributed by atoms with Crippen molar-refractivity contribution in [2.75, 3.05) is 31.2 Å². The molecule has 1 fully saturated rings. The third-order valence-corrected chi connectivity index (χ3v) is 3.35. The van der Waals surface area contributed by atoms with E-state index in [4.69, 9.17) is 4.74 Å². The first-order chi connectivity index (χ1) is 9.20. The molecule has 1 unspecified atom stereocenters. The quantitative estimate of drug-likeness (QED) is 0.898. The zero-order chi connectivity index (χ0) is 13.7. The Kier molecular flexibility index (Phi) is 4.93. The van der Waals surface area contributed by atoms with Gasteiger partial charge in [0.05, 0.1) is 13.2 Å². The molecule has 19 heavy (non-hydrogen) atoms. The van der Waals surface area contributed by atoms with E-state index in [1.165, 1.54) is 5.56 Å². The Labute approximate surface area is 114 Å². The van der Waals surface area contributed by atoms with Crippen molar-refractivity contribution in [3.8, 4) is 0 Å². The van der Waals surface area contributed by atoms with Gasteiger partial charge in [-0.1, -0.05) is 12.1 Å². The summed E-state index contributed by atoms with van der Waals surface area (Å²) in [5.74, 6) is 0.149. The highest BCUT2D eigenvalue weighted by molar-refractivity contribution is 5.93. The third-order valence-electron chi connectivity index (χ3n) is 3.35. The Hall–Kier alpha value is -1.39. The minimum Gasteiger partial charge on any atom is -0.378 e. The Morgan fingerprint density at radius 3 is 3.00 bits per heavy atom. The third kappa shape index (κ3) is 3.78. The molecule has 0 bridgehead atoms. The SMILES string of the molecule is CCN(C(=O)CC1COCCN1)c1cccc(C)c1. The molecule has 1 aromatic rings. The monoisotopic (exact) mass is 262 g/mol. The highest BCUT2D eigenvalue weighted by atomic mass is 16.5. The summed E-state index contributed by atoms with van der Waals surface area (Å²) in [5.41, 5.74) is 2.15. The van der Waals surface area contributed by atoms with Gasteiger partial charge in [-0.15, -0.1) is 0 Å². The molecular weight excluding hydrogens is 240 g/mol. The zero-order valence-corrected chi connectivity index (χ0v) is 11.7. The molecule has 104 valence electrons. The van der Waals surface area contributed by atoms with Crippen molar-refractivity contribution in [3.63, 3.8) is 0 Å². The van der Waals surface area contributed by atoms with Crippen molar-refractivity contribution >= 4 is 11.6 Å². The largest absolute Gasteiger partial charge is 0.378 e. The van der Waals surface area contributed by atoms with Gasteiger partial charge >= 0.3 is 0 Å². The van der Waals surface area contributed by atoms with Crippen LogP contribution in [0.25, 0.3) is 0 Å². The van der Waals surface area contributed by atoms with Crippen LogP contribution in [0.4, 0.5) is 5.69 Å². The summed E-state index contributed by atoms with van der Waals surface area (Å²) < 4.78 is 5.39. The summed E-state index contributed by atoms with van der Waals surface area (Å²) in [7, 11) is 0. The Bertz CT molecular complexity index is 428. The number of anilines is 1. The molecule has 1 aromatic carbocycles. The first-order valence-corrected chi connectivity index (χ1v) is 6.89. The topological polar surface area (TPSA) is 41.6 Å². The number of benzene rings is 1. The van der Waals surface area contributed by atoms with Crippen molar-refractivity contribution < 1.29 is 9.53 Å². The lowest BCUT2D eigenvalue weighted by atomic mass is 10.1. The lowest BCUT2D eigenvalue weighted by molar-refractivity contribution is -0.119. The Morgan fingerprint density at radius 1 is 1.53 bits per heavy atom. The number of carbonyl (C=O) groups is 1. The molecule has 0 spiro atoms. The number of ether oxygens (including phenoxy) is 1. The van der Waals surface area contributed by atoms with Gasteiger partial charge in [-0.2, -0.15) is 0 Å². The fraction of sp³-hybridized carbons (Fsp3) is 0.533. The van der Waals surface area contributed by atoms with E-state index < -0.39 is 0 Å². The number of nitrogens with one attached hydrogen (secondary N) is 1. The normalized spacial score (nSPS) is 19.2. The van der Waals surface area contributed by atoms with E-state index >= 15 is 0 Å². The smallest absolute Gasteiger partial charge is 0.228 e. The second-order valence-corrected chi connectivity index (χ2v) is 4.91. The Balaban J connectivity index is 2.02. The van der Waals surface area contributed by atoms with Crippen molar-refractivity contribution in [1.82, 2.24) is 5.32 Å². The van der Waals surface area contributed by atoms with Crippen LogP contribution in [-0.4, -0.2) is 38.3 Å². The molecule has 1 atom stereocenters. The van der Waals surface area contributed by atoms with Crippen molar-refractivity contribution in [2.45, 2.75) is 26.3 Å². The average molecular weight is 262 g/mol. The van der Waals surface area contributed by atoms with Crippen LogP contribution in [0, 0.1) is 6.92 Å². The number of amides is 1. The minimum absolute atomic E-state index is 0.139. The molecule has 1 amide bonds. The van der Waals surface area contributed by atoms with Crippen LogP contribution in [-0.2, 0) is 9.53 Å². The van der Waals surface area contributed by atoms with E-state index in [1.807, 2.05) is 43.0 Å².